The number of fused-ring (bicyclic) bond motifs is 3. The summed E-state index contributed by atoms with van der Waals surface area (Å²) >= 11 is 0. The molecule has 0 amide bonds. The van der Waals surface area contributed by atoms with Crippen LogP contribution in [0.2, 0.25) is 0 Å². The smallest absolute Gasteiger partial charge is 0.317 e. The van der Waals surface area contributed by atoms with Crippen molar-refractivity contribution in [3.05, 3.63) is 47.5 Å². The number of nitrogens with zero attached hydrogens (tertiary/aromatic N) is 1. The molecule has 1 aromatic carbocycles. The highest BCUT2D eigenvalue weighted by atomic mass is 16.3. The van der Waals surface area contributed by atoms with E-state index < -0.39 is 0 Å². The molecule has 0 bridgehead atoms. The zero-order valence-electron chi connectivity index (χ0n) is 8.47. The van der Waals surface area contributed by atoms with Crippen molar-refractivity contribution in [3.63, 3.8) is 0 Å². The lowest BCUT2D eigenvalue weighted by Crippen LogP contribution is -2.16. The number of nitrogen functional groups attached to an aromatic ring is 1. The number of hydrogen-bond donors (Lipinski definition) is 2. The van der Waals surface area contributed by atoms with Gasteiger partial charge in [0, 0.05) is 26.8 Å². The Kier molecular flexibility index (Phi) is 1.71. The predicted octanol–water partition coefficient (Wildman–Crippen LogP) is 1.82. The van der Waals surface area contributed by atoms with Crippen LogP contribution in [0, 0.1) is 4.91 Å². The Morgan fingerprint density at radius 2 is 1.75 bits per heavy atom. The third-order valence-corrected chi connectivity index (χ3v) is 2.70. The first-order valence-electron chi connectivity index (χ1n) is 4.98. The van der Waals surface area contributed by atoms with Gasteiger partial charge in [0.1, 0.15) is 0 Å². The summed E-state index contributed by atoms with van der Waals surface area (Å²) in [6.45, 7) is 0. The van der Waals surface area contributed by atoms with Crippen LogP contribution in [0.1, 0.15) is 0 Å². The summed E-state index contributed by atoms with van der Waals surface area (Å²) in [5.41, 5.74) is 7.36. The maximum Gasteiger partial charge on any atom is 0.317 e. The molecule has 3 N–H and O–H groups in total. The molecule has 0 aliphatic carbocycles. The van der Waals surface area contributed by atoms with E-state index in [1.54, 1.807) is 6.07 Å². The highest BCUT2D eigenvalue weighted by Gasteiger charge is 2.05. The molecular weight excluding hydrogens is 202 g/mol. The first-order chi connectivity index (χ1) is 7.75. The maximum atomic E-state index is 11.5. The largest absolute Gasteiger partial charge is 0.351 e. The number of aromatic amines is 1. The molecule has 2 heterocycles. The molecule has 78 valence electrons. The Hall–Kier alpha value is -2.36. The number of anilines is 1. The molecule has 0 unspecified atom stereocenters. The van der Waals surface area contributed by atoms with Gasteiger partial charge in [-0.25, -0.2) is 0 Å². The van der Waals surface area contributed by atoms with Gasteiger partial charge in [-0.05, 0) is 12.1 Å². The summed E-state index contributed by atoms with van der Waals surface area (Å²) in [4.78, 5) is 14.7. The molecule has 2 aromatic heterocycles. The molecule has 3 aromatic rings. The Morgan fingerprint density at radius 1 is 1.00 bits per heavy atom. The van der Waals surface area contributed by atoms with Crippen LogP contribution in [0.25, 0.3) is 21.8 Å². The third-order valence-electron chi connectivity index (χ3n) is 2.70. The second-order valence-corrected chi connectivity index (χ2v) is 3.71. The van der Waals surface area contributed by atoms with Gasteiger partial charge in [-0.2, -0.15) is 0 Å². The minimum atomic E-state index is 0.189. The van der Waals surface area contributed by atoms with E-state index >= 15 is 0 Å². The summed E-state index contributed by atoms with van der Waals surface area (Å²) in [5.74, 6) is 0.189. The van der Waals surface area contributed by atoms with Crippen LogP contribution in [0.3, 0.4) is 0 Å². The number of H-pyrrole nitrogens is 1. The van der Waals surface area contributed by atoms with Crippen LogP contribution in [0.5, 0.6) is 0 Å². The van der Waals surface area contributed by atoms with Gasteiger partial charge in [-0.15, -0.1) is 0 Å². The molecule has 0 atom stereocenters. The molecule has 3 rings (SSSR count). The summed E-state index contributed by atoms with van der Waals surface area (Å²) in [5, 5.41) is 2.09. The fourth-order valence-electron chi connectivity index (χ4n) is 1.90. The van der Waals surface area contributed by atoms with E-state index in [4.69, 9.17) is 5.73 Å². The Balaban J connectivity index is 2.60. The van der Waals surface area contributed by atoms with Gasteiger partial charge in [0.15, 0.2) is 6.20 Å². The monoisotopic (exact) mass is 212 g/mol. The van der Waals surface area contributed by atoms with E-state index in [0.29, 0.717) is 4.43 Å². The van der Waals surface area contributed by atoms with Crippen LogP contribution >= 0.6 is 0 Å². The topological polar surface area (TPSA) is 64.8 Å². The zero-order chi connectivity index (χ0) is 11.1. The highest BCUT2D eigenvalue weighted by Crippen LogP contribution is 2.23. The average molecular weight is 212 g/mol. The van der Waals surface area contributed by atoms with Crippen molar-refractivity contribution in [2.24, 2.45) is 0 Å². The molecule has 4 nitrogen and oxygen atoms in total. The number of hydrogen-bond acceptors (Lipinski definition) is 2. The van der Waals surface area contributed by atoms with E-state index in [1.807, 2.05) is 30.3 Å². The Labute approximate surface area is 90.9 Å². The predicted molar refractivity (Wildman–Crippen MR) is 63.6 cm³/mol. The van der Waals surface area contributed by atoms with E-state index in [2.05, 4.69) is 4.98 Å². The standard InChI is InChI=1S/C12H10N3O/c13-12-6-5-9-8-3-1-2-4-10(8)14-11(9)7-15(12)16/h1-7,14H,(H2,13,16)/q+1. The average Bonchev–Trinajstić information content (AvgIpc) is 2.56. The number of nitrogens with two attached hydrogens (primary N) is 1. The van der Waals surface area contributed by atoms with Gasteiger partial charge < -0.3 is 4.98 Å². The maximum absolute atomic E-state index is 11.5. The number of para-hydroxylation sites is 1. The quantitative estimate of drug-likeness (QED) is 0.558. The van der Waals surface area contributed by atoms with Crippen molar-refractivity contribution < 1.29 is 4.43 Å². The SMILES string of the molecule is Nc1ccc2c(c[n+]1=O)[nH]c1ccccc12. The molecular formula is C12H10N3O+. The van der Waals surface area contributed by atoms with Crippen molar-refractivity contribution in [1.29, 1.82) is 0 Å². The van der Waals surface area contributed by atoms with Crippen molar-refractivity contribution in [1.82, 2.24) is 4.98 Å². The van der Waals surface area contributed by atoms with Gasteiger partial charge in [0.05, 0.1) is 5.52 Å². The lowest BCUT2D eigenvalue weighted by Gasteiger charge is -1.85. The summed E-state index contributed by atoms with van der Waals surface area (Å²) < 4.78 is 0.664. The lowest BCUT2D eigenvalue weighted by atomic mass is 10.2. The molecule has 0 saturated carbocycles. The highest BCUT2D eigenvalue weighted by molar-refractivity contribution is 6.06. The van der Waals surface area contributed by atoms with Crippen LogP contribution in [-0.4, -0.2) is 4.98 Å². The number of rotatable bonds is 0. The Morgan fingerprint density at radius 3 is 2.62 bits per heavy atom. The van der Waals surface area contributed by atoms with E-state index in [-0.39, 0.29) is 5.82 Å². The second-order valence-electron chi connectivity index (χ2n) is 3.71. The molecule has 4 heteroatoms. The normalized spacial score (nSPS) is 11.0. The fourth-order valence-corrected chi connectivity index (χ4v) is 1.90. The van der Waals surface area contributed by atoms with Crippen molar-refractivity contribution in [2.75, 3.05) is 5.73 Å². The molecule has 0 aliphatic heterocycles. The van der Waals surface area contributed by atoms with Gasteiger partial charge in [-0.3, -0.25) is 5.73 Å². The fraction of sp³-hybridized carbons (Fsp3) is 0. The van der Waals surface area contributed by atoms with Gasteiger partial charge >= 0.3 is 5.82 Å². The van der Waals surface area contributed by atoms with Crippen molar-refractivity contribution >= 4 is 27.6 Å². The van der Waals surface area contributed by atoms with Gasteiger partial charge in [0.25, 0.3) is 0 Å². The minimum Gasteiger partial charge on any atom is -0.351 e. The molecule has 0 fully saturated rings. The lowest BCUT2D eigenvalue weighted by molar-refractivity contribution is -0.475. The molecule has 0 saturated heterocycles. The van der Waals surface area contributed by atoms with Crippen LogP contribution in [0.15, 0.2) is 42.6 Å². The molecule has 16 heavy (non-hydrogen) atoms. The minimum absolute atomic E-state index is 0.189. The number of nitrogens with one attached hydrogen (secondary N) is 1. The van der Waals surface area contributed by atoms with Crippen molar-refractivity contribution in [3.8, 4) is 0 Å². The Bertz CT molecular complexity index is 746. The molecule has 0 spiro atoms. The van der Waals surface area contributed by atoms with E-state index in [9.17, 15) is 4.91 Å². The zero-order valence-corrected chi connectivity index (χ0v) is 8.47. The summed E-state index contributed by atoms with van der Waals surface area (Å²) in [6, 6.07) is 11.4. The van der Waals surface area contributed by atoms with Crippen LogP contribution in [-0.2, 0) is 0 Å². The second kappa shape index (κ2) is 3.06. The van der Waals surface area contributed by atoms with Crippen LogP contribution in [0.4, 0.5) is 5.82 Å². The molecule has 0 aliphatic rings. The third kappa shape index (κ3) is 1.16. The number of benzene rings is 1. The summed E-state index contributed by atoms with van der Waals surface area (Å²) in [7, 11) is 0. The van der Waals surface area contributed by atoms with Gasteiger partial charge in [-0.1, -0.05) is 23.1 Å². The van der Waals surface area contributed by atoms with Crippen LogP contribution < -0.4 is 10.2 Å². The van der Waals surface area contributed by atoms with E-state index in [0.717, 1.165) is 21.8 Å². The van der Waals surface area contributed by atoms with E-state index in [1.165, 1.54) is 6.20 Å². The molecule has 0 radical (unpaired) electrons. The van der Waals surface area contributed by atoms with Crippen molar-refractivity contribution in [2.45, 2.75) is 0 Å². The first kappa shape index (κ1) is 8.91. The van der Waals surface area contributed by atoms with Gasteiger partial charge in [0.2, 0.25) is 0 Å². The summed E-state index contributed by atoms with van der Waals surface area (Å²) in [6.07, 6.45) is 1.46. The first-order valence-corrected chi connectivity index (χ1v) is 4.98. The number of aromatic nitrogens is 2.